The number of piperazine rings is 1. The minimum Gasteiger partial charge on any atom is -0.377 e. The van der Waals surface area contributed by atoms with Crippen LogP contribution in [0.1, 0.15) is 40.7 Å². The van der Waals surface area contributed by atoms with Crippen molar-refractivity contribution in [2.45, 2.75) is 50.9 Å². The Balaban J connectivity index is 1.41. The lowest BCUT2D eigenvalue weighted by Gasteiger charge is -2.32. The van der Waals surface area contributed by atoms with Gasteiger partial charge in [-0.05, 0) is 49.4 Å². The molecule has 5 rings (SSSR count). The number of amides is 2. The summed E-state index contributed by atoms with van der Waals surface area (Å²) in [6, 6.07) is 11.6. The van der Waals surface area contributed by atoms with Gasteiger partial charge in [0.25, 0.3) is 5.91 Å². The highest BCUT2D eigenvalue weighted by Crippen LogP contribution is 2.29. The standard InChI is InChI=1S/C28H37N5O3/c1-21-6-2-3-7-23(21)18-32(20-25-9-5-15-36-25)24-16-26(28(35)31-13-11-29-12-14-31)33(19-24)27(34)22-8-4-10-30-17-22/h2-4,6-8,10,17,24-26,29H,5,9,11-16,18-20H2,1H3. The SMILES string of the molecule is Cc1ccccc1CN(CC1CCCO1)C1CC(C(=O)N2CCNCC2)N(C(=O)c2cccnc2)C1. The van der Waals surface area contributed by atoms with Gasteiger partial charge < -0.3 is 19.9 Å². The van der Waals surface area contributed by atoms with Gasteiger partial charge in [-0.1, -0.05) is 24.3 Å². The summed E-state index contributed by atoms with van der Waals surface area (Å²) in [6.45, 7) is 7.99. The molecule has 0 saturated carbocycles. The van der Waals surface area contributed by atoms with Crippen molar-refractivity contribution < 1.29 is 14.3 Å². The van der Waals surface area contributed by atoms with Gasteiger partial charge in [0.05, 0.1) is 11.7 Å². The molecule has 8 nitrogen and oxygen atoms in total. The Morgan fingerprint density at radius 3 is 2.72 bits per heavy atom. The third kappa shape index (κ3) is 5.61. The van der Waals surface area contributed by atoms with Gasteiger partial charge in [0, 0.05) is 70.9 Å². The molecule has 2 aromatic rings. The molecule has 0 bridgehead atoms. The summed E-state index contributed by atoms with van der Waals surface area (Å²) >= 11 is 0. The molecule has 4 heterocycles. The highest BCUT2D eigenvalue weighted by molar-refractivity contribution is 5.97. The van der Waals surface area contributed by atoms with E-state index in [2.05, 4.69) is 46.4 Å². The number of aromatic nitrogens is 1. The van der Waals surface area contributed by atoms with Crippen molar-refractivity contribution in [2.75, 3.05) is 45.9 Å². The molecule has 8 heteroatoms. The van der Waals surface area contributed by atoms with Crippen LogP contribution in [0.2, 0.25) is 0 Å². The molecular formula is C28H37N5O3. The molecule has 3 atom stereocenters. The van der Waals surface area contributed by atoms with E-state index in [0.29, 0.717) is 31.6 Å². The number of ether oxygens (including phenoxy) is 1. The highest BCUT2D eigenvalue weighted by atomic mass is 16.5. The van der Waals surface area contributed by atoms with Crippen LogP contribution in [-0.2, 0) is 16.1 Å². The molecule has 3 aliphatic rings. The Morgan fingerprint density at radius 1 is 1.17 bits per heavy atom. The second-order valence-corrected chi connectivity index (χ2v) is 10.2. The lowest BCUT2D eigenvalue weighted by molar-refractivity contribution is -0.135. The molecule has 1 aromatic carbocycles. The maximum Gasteiger partial charge on any atom is 0.256 e. The number of rotatable bonds is 7. The smallest absolute Gasteiger partial charge is 0.256 e. The highest BCUT2D eigenvalue weighted by Gasteiger charge is 2.44. The first kappa shape index (κ1) is 24.9. The van der Waals surface area contributed by atoms with Crippen molar-refractivity contribution in [3.63, 3.8) is 0 Å². The van der Waals surface area contributed by atoms with Gasteiger partial charge in [-0.25, -0.2) is 0 Å². The molecule has 3 saturated heterocycles. The van der Waals surface area contributed by atoms with E-state index in [1.807, 2.05) is 4.90 Å². The number of nitrogens with one attached hydrogen (secondary N) is 1. The molecule has 36 heavy (non-hydrogen) atoms. The number of pyridine rings is 1. The fourth-order valence-corrected chi connectivity index (χ4v) is 5.69. The summed E-state index contributed by atoms with van der Waals surface area (Å²) in [5.41, 5.74) is 3.06. The molecule has 1 aromatic heterocycles. The van der Waals surface area contributed by atoms with Gasteiger partial charge in [0.15, 0.2) is 0 Å². The summed E-state index contributed by atoms with van der Waals surface area (Å²) in [5.74, 6) is -0.0590. The van der Waals surface area contributed by atoms with Crippen LogP contribution in [0.4, 0.5) is 0 Å². The lowest BCUT2D eigenvalue weighted by atomic mass is 10.0. The third-order valence-corrected chi connectivity index (χ3v) is 7.78. The Hall–Kier alpha value is -2.81. The van der Waals surface area contributed by atoms with Crippen LogP contribution in [0.5, 0.6) is 0 Å². The van der Waals surface area contributed by atoms with Crippen LogP contribution in [0.3, 0.4) is 0 Å². The van der Waals surface area contributed by atoms with Crippen molar-refractivity contribution in [2.24, 2.45) is 0 Å². The number of aryl methyl sites for hydroxylation is 1. The Morgan fingerprint density at radius 2 is 2.00 bits per heavy atom. The van der Waals surface area contributed by atoms with Gasteiger partial charge in [0.2, 0.25) is 5.91 Å². The molecular weight excluding hydrogens is 454 g/mol. The van der Waals surface area contributed by atoms with E-state index in [4.69, 9.17) is 4.74 Å². The normalized spacial score (nSPS) is 24.4. The number of carbonyl (C=O) groups is 2. The minimum atomic E-state index is -0.468. The van der Waals surface area contributed by atoms with Crippen LogP contribution >= 0.6 is 0 Å². The summed E-state index contributed by atoms with van der Waals surface area (Å²) in [7, 11) is 0. The maximum absolute atomic E-state index is 13.7. The molecule has 2 amide bonds. The van der Waals surface area contributed by atoms with Crippen molar-refractivity contribution in [3.8, 4) is 0 Å². The van der Waals surface area contributed by atoms with E-state index in [1.165, 1.54) is 11.1 Å². The molecule has 0 spiro atoms. The first-order valence-electron chi connectivity index (χ1n) is 13.2. The second kappa shape index (κ2) is 11.5. The quantitative estimate of drug-likeness (QED) is 0.639. The Kier molecular flexibility index (Phi) is 7.94. The number of likely N-dealkylation sites (tertiary alicyclic amines) is 1. The molecule has 0 aliphatic carbocycles. The zero-order chi connectivity index (χ0) is 24.9. The van der Waals surface area contributed by atoms with E-state index in [-0.39, 0.29) is 24.0 Å². The van der Waals surface area contributed by atoms with E-state index < -0.39 is 6.04 Å². The average Bonchev–Trinajstić information content (AvgIpc) is 3.60. The fourth-order valence-electron chi connectivity index (χ4n) is 5.69. The van der Waals surface area contributed by atoms with E-state index in [0.717, 1.165) is 45.6 Å². The molecule has 0 radical (unpaired) electrons. The molecule has 3 fully saturated rings. The van der Waals surface area contributed by atoms with Crippen molar-refractivity contribution in [1.29, 1.82) is 0 Å². The number of hydrogen-bond acceptors (Lipinski definition) is 6. The van der Waals surface area contributed by atoms with Gasteiger partial charge >= 0.3 is 0 Å². The average molecular weight is 492 g/mol. The zero-order valence-electron chi connectivity index (χ0n) is 21.1. The predicted octanol–water partition coefficient (Wildman–Crippen LogP) is 2.09. The van der Waals surface area contributed by atoms with Crippen LogP contribution in [-0.4, -0.2) is 95.6 Å². The summed E-state index contributed by atoms with van der Waals surface area (Å²) < 4.78 is 6.01. The summed E-state index contributed by atoms with van der Waals surface area (Å²) in [5, 5.41) is 3.32. The Labute approximate surface area is 213 Å². The number of hydrogen-bond donors (Lipinski definition) is 1. The largest absolute Gasteiger partial charge is 0.377 e. The fraction of sp³-hybridized carbons (Fsp3) is 0.536. The van der Waals surface area contributed by atoms with Gasteiger partial charge in [-0.15, -0.1) is 0 Å². The first-order chi connectivity index (χ1) is 17.6. The van der Waals surface area contributed by atoms with E-state index in [9.17, 15) is 9.59 Å². The summed E-state index contributed by atoms with van der Waals surface area (Å²) in [6.07, 6.45) is 6.23. The van der Waals surface area contributed by atoms with Crippen LogP contribution in [0.15, 0.2) is 48.8 Å². The number of carbonyl (C=O) groups excluding carboxylic acids is 2. The van der Waals surface area contributed by atoms with Crippen LogP contribution < -0.4 is 5.32 Å². The molecule has 3 aliphatic heterocycles. The maximum atomic E-state index is 13.7. The van der Waals surface area contributed by atoms with Gasteiger partial charge in [0.1, 0.15) is 6.04 Å². The van der Waals surface area contributed by atoms with Crippen LogP contribution in [0, 0.1) is 6.92 Å². The van der Waals surface area contributed by atoms with Crippen molar-refractivity contribution >= 4 is 11.8 Å². The van der Waals surface area contributed by atoms with Crippen LogP contribution in [0.25, 0.3) is 0 Å². The topological polar surface area (TPSA) is 78.0 Å². The third-order valence-electron chi connectivity index (χ3n) is 7.78. The Bertz CT molecular complexity index is 1040. The molecule has 192 valence electrons. The van der Waals surface area contributed by atoms with Gasteiger partial charge in [-0.2, -0.15) is 0 Å². The predicted molar refractivity (Wildman–Crippen MR) is 137 cm³/mol. The van der Waals surface area contributed by atoms with Crippen molar-refractivity contribution in [1.82, 2.24) is 25.0 Å². The second-order valence-electron chi connectivity index (χ2n) is 10.2. The minimum absolute atomic E-state index is 0.0594. The van der Waals surface area contributed by atoms with E-state index in [1.54, 1.807) is 29.4 Å². The molecule has 1 N–H and O–H groups in total. The molecule has 3 unspecified atom stereocenters. The monoisotopic (exact) mass is 491 g/mol. The summed E-state index contributed by atoms with van der Waals surface area (Å²) in [4.78, 5) is 37.7. The lowest BCUT2D eigenvalue weighted by Crippen LogP contribution is -2.53. The van der Waals surface area contributed by atoms with Crippen molar-refractivity contribution in [3.05, 3.63) is 65.5 Å². The van der Waals surface area contributed by atoms with E-state index >= 15 is 0 Å². The number of benzene rings is 1. The zero-order valence-corrected chi connectivity index (χ0v) is 21.1. The van der Waals surface area contributed by atoms with Gasteiger partial charge in [-0.3, -0.25) is 19.5 Å². The first-order valence-corrected chi connectivity index (χ1v) is 13.2. The number of nitrogens with zero attached hydrogens (tertiary/aromatic N) is 4.